The topological polar surface area (TPSA) is 76.2 Å². The quantitative estimate of drug-likeness (QED) is 0.812. The molecular weight excluding hydrogens is 260 g/mol. The number of aliphatic carboxylic acids is 1. The van der Waals surface area contributed by atoms with Gasteiger partial charge in [-0.05, 0) is 40.4 Å². The monoisotopic (exact) mass is 270 g/mol. The lowest BCUT2D eigenvalue weighted by Crippen LogP contribution is -2.42. The number of carbonyl (C=O) groups is 1. The molecule has 4 nitrogen and oxygen atoms in total. The molecule has 2 rings (SSSR count). The summed E-state index contributed by atoms with van der Waals surface area (Å²) >= 11 is 3.33. The van der Waals surface area contributed by atoms with Crippen LogP contribution in [0, 0.1) is 0 Å². The number of pyridine rings is 1. The van der Waals surface area contributed by atoms with Gasteiger partial charge in [0.15, 0.2) is 0 Å². The Hall–Kier alpha value is -0.940. The Morgan fingerprint density at radius 1 is 1.67 bits per heavy atom. The van der Waals surface area contributed by atoms with E-state index in [1.165, 1.54) is 0 Å². The molecule has 1 aromatic heterocycles. The molecule has 0 radical (unpaired) electrons. The Balaban J connectivity index is 2.39. The van der Waals surface area contributed by atoms with Crippen LogP contribution in [0.4, 0.5) is 0 Å². The Bertz CT molecular complexity index is 404. The second-order valence-corrected chi connectivity index (χ2v) is 4.56. The predicted molar refractivity (Wildman–Crippen MR) is 58.5 cm³/mol. The number of hydrogen-bond acceptors (Lipinski definition) is 3. The fraction of sp³-hybridized carbons (Fsp3) is 0.400. The van der Waals surface area contributed by atoms with Crippen LogP contribution in [0.1, 0.15) is 18.4 Å². The number of aromatic nitrogens is 1. The van der Waals surface area contributed by atoms with Crippen molar-refractivity contribution in [2.24, 2.45) is 5.73 Å². The summed E-state index contributed by atoms with van der Waals surface area (Å²) in [6.07, 6.45) is 3.28. The largest absolute Gasteiger partial charge is 0.480 e. The van der Waals surface area contributed by atoms with Gasteiger partial charge in [0.25, 0.3) is 0 Å². The van der Waals surface area contributed by atoms with Gasteiger partial charge in [-0.3, -0.25) is 4.79 Å². The van der Waals surface area contributed by atoms with Crippen LogP contribution in [0.5, 0.6) is 0 Å². The summed E-state index contributed by atoms with van der Waals surface area (Å²) in [5.41, 5.74) is 6.19. The van der Waals surface area contributed by atoms with Crippen LogP contribution >= 0.6 is 15.9 Å². The van der Waals surface area contributed by atoms with E-state index in [0.29, 0.717) is 4.60 Å². The van der Waals surface area contributed by atoms with Crippen molar-refractivity contribution in [3.8, 4) is 0 Å². The van der Waals surface area contributed by atoms with Gasteiger partial charge in [-0.25, -0.2) is 4.98 Å². The Kier molecular flexibility index (Phi) is 2.52. The molecule has 0 spiro atoms. The van der Waals surface area contributed by atoms with Crippen molar-refractivity contribution >= 4 is 21.9 Å². The van der Waals surface area contributed by atoms with Gasteiger partial charge < -0.3 is 10.8 Å². The van der Waals surface area contributed by atoms with E-state index in [0.717, 1.165) is 18.4 Å². The van der Waals surface area contributed by atoms with Crippen molar-refractivity contribution in [3.05, 3.63) is 28.5 Å². The summed E-state index contributed by atoms with van der Waals surface area (Å²) in [7, 11) is 0. The molecule has 0 saturated heterocycles. The molecule has 0 aliphatic heterocycles. The smallest absolute Gasteiger partial charge is 0.321 e. The summed E-state index contributed by atoms with van der Waals surface area (Å²) in [5.74, 6) is -0.955. The average molecular weight is 271 g/mol. The summed E-state index contributed by atoms with van der Waals surface area (Å²) in [6, 6.07) is 2.83. The van der Waals surface area contributed by atoms with E-state index in [1.54, 1.807) is 12.3 Å². The molecule has 1 aromatic rings. The molecule has 1 unspecified atom stereocenters. The Labute approximate surface area is 95.6 Å². The molecule has 0 aromatic carbocycles. The third kappa shape index (κ3) is 1.66. The fourth-order valence-electron chi connectivity index (χ4n) is 1.88. The first kappa shape index (κ1) is 10.6. The molecule has 1 saturated carbocycles. The minimum absolute atomic E-state index is 0.418. The summed E-state index contributed by atoms with van der Waals surface area (Å²) < 4.78 is 0.694. The number of carboxylic acid groups (broad SMARTS) is 1. The fourth-order valence-corrected chi connectivity index (χ4v) is 2.52. The number of rotatable bonds is 3. The van der Waals surface area contributed by atoms with Gasteiger partial charge >= 0.3 is 5.97 Å². The molecule has 1 aliphatic carbocycles. The first-order valence-electron chi connectivity index (χ1n) is 4.67. The maximum Gasteiger partial charge on any atom is 0.321 e. The van der Waals surface area contributed by atoms with Crippen LogP contribution in [0.25, 0.3) is 0 Å². The molecular formula is C10H11BrN2O2. The molecule has 3 N–H and O–H groups in total. The third-order valence-corrected chi connectivity index (χ3v) is 3.58. The maximum atomic E-state index is 10.9. The number of carboxylic acids is 1. The SMILES string of the molecule is NC(C(=O)O)C1(c2cccnc2Br)CC1. The highest BCUT2D eigenvalue weighted by molar-refractivity contribution is 9.10. The summed E-state index contributed by atoms with van der Waals surface area (Å²) in [6.45, 7) is 0. The van der Waals surface area contributed by atoms with Crippen molar-refractivity contribution < 1.29 is 9.90 Å². The van der Waals surface area contributed by atoms with Crippen molar-refractivity contribution in [2.75, 3.05) is 0 Å². The normalized spacial score (nSPS) is 19.6. The highest BCUT2D eigenvalue weighted by Gasteiger charge is 2.53. The zero-order chi connectivity index (χ0) is 11.1. The van der Waals surface area contributed by atoms with E-state index in [4.69, 9.17) is 10.8 Å². The first-order valence-corrected chi connectivity index (χ1v) is 5.46. The average Bonchev–Trinajstić information content (AvgIpc) is 2.98. The van der Waals surface area contributed by atoms with Crippen LogP contribution in [0.3, 0.4) is 0 Å². The van der Waals surface area contributed by atoms with Gasteiger partial charge in [0.1, 0.15) is 10.6 Å². The van der Waals surface area contributed by atoms with E-state index in [9.17, 15) is 4.79 Å². The minimum atomic E-state index is -0.955. The van der Waals surface area contributed by atoms with Crippen LogP contribution in [0.2, 0.25) is 0 Å². The Morgan fingerprint density at radius 2 is 2.33 bits per heavy atom. The van der Waals surface area contributed by atoms with E-state index in [-0.39, 0.29) is 0 Å². The van der Waals surface area contributed by atoms with Crippen LogP contribution < -0.4 is 5.73 Å². The van der Waals surface area contributed by atoms with E-state index in [1.807, 2.05) is 6.07 Å². The number of nitrogens with two attached hydrogens (primary N) is 1. The highest BCUT2D eigenvalue weighted by Crippen LogP contribution is 2.52. The van der Waals surface area contributed by atoms with Crippen molar-refractivity contribution in [3.63, 3.8) is 0 Å². The lowest BCUT2D eigenvalue weighted by molar-refractivity contribution is -0.139. The van der Waals surface area contributed by atoms with Crippen molar-refractivity contribution in [2.45, 2.75) is 24.3 Å². The van der Waals surface area contributed by atoms with E-state index in [2.05, 4.69) is 20.9 Å². The molecule has 15 heavy (non-hydrogen) atoms. The third-order valence-electron chi connectivity index (χ3n) is 2.95. The first-order chi connectivity index (χ1) is 7.08. The molecule has 1 atom stereocenters. The van der Waals surface area contributed by atoms with Gasteiger partial charge in [-0.15, -0.1) is 0 Å². The van der Waals surface area contributed by atoms with Crippen molar-refractivity contribution in [1.82, 2.24) is 4.98 Å². The molecule has 0 bridgehead atoms. The van der Waals surface area contributed by atoms with Gasteiger partial charge in [0.05, 0.1) is 0 Å². The lowest BCUT2D eigenvalue weighted by atomic mass is 9.90. The highest BCUT2D eigenvalue weighted by atomic mass is 79.9. The minimum Gasteiger partial charge on any atom is -0.480 e. The second kappa shape index (κ2) is 3.57. The number of halogens is 1. The molecule has 80 valence electrons. The molecule has 5 heteroatoms. The number of nitrogens with zero attached hydrogens (tertiary/aromatic N) is 1. The van der Waals surface area contributed by atoms with Crippen LogP contribution in [-0.4, -0.2) is 22.1 Å². The lowest BCUT2D eigenvalue weighted by Gasteiger charge is -2.20. The van der Waals surface area contributed by atoms with Gasteiger partial charge in [0, 0.05) is 11.6 Å². The molecule has 1 aliphatic rings. The second-order valence-electron chi connectivity index (χ2n) is 3.81. The molecule has 1 fully saturated rings. The zero-order valence-electron chi connectivity index (χ0n) is 7.98. The van der Waals surface area contributed by atoms with Gasteiger partial charge in [0.2, 0.25) is 0 Å². The van der Waals surface area contributed by atoms with Gasteiger partial charge in [-0.1, -0.05) is 6.07 Å². The van der Waals surface area contributed by atoms with Crippen molar-refractivity contribution in [1.29, 1.82) is 0 Å². The molecule has 0 amide bonds. The summed E-state index contributed by atoms with van der Waals surface area (Å²) in [4.78, 5) is 15.0. The van der Waals surface area contributed by atoms with Crippen LogP contribution in [-0.2, 0) is 10.2 Å². The predicted octanol–water partition coefficient (Wildman–Crippen LogP) is 1.29. The zero-order valence-corrected chi connectivity index (χ0v) is 9.57. The Morgan fingerprint density at radius 3 is 2.80 bits per heavy atom. The van der Waals surface area contributed by atoms with E-state index >= 15 is 0 Å². The van der Waals surface area contributed by atoms with Gasteiger partial charge in [-0.2, -0.15) is 0 Å². The van der Waals surface area contributed by atoms with Crippen LogP contribution in [0.15, 0.2) is 22.9 Å². The van der Waals surface area contributed by atoms with E-state index < -0.39 is 17.4 Å². The summed E-state index contributed by atoms with van der Waals surface area (Å²) in [5, 5.41) is 8.95. The number of hydrogen-bond donors (Lipinski definition) is 2. The standard InChI is InChI=1S/C10H11BrN2O2/c11-8-6(2-1-5-13-8)10(3-4-10)7(12)9(14)15/h1-2,5,7H,3-4,12H2,(H,14,15). The molecule has 1 heterocycles. The maximum absolute atomic E-state index is 10.9.